The van der Waals surface area contributed by atoms with E-state index in [1.165, 1.54) is 18.4 Å². The van der Waals surface area contributed by atoms with E-state index >= 15 is 0 Å². The fraction of sp³-hybridized carbons (Fsp3) is 0.750. The topological polar surface area (TPSA) is 41.3 Å². The molecular formula is C12H21N3O. The van der Waals surface area contributed by atoms with Crippen LogP contribution < -0.4 is 0 Å². The molecule has 0 radical (unpaired) electrons. The number of rotatable bonds is 3. The van der Waals surface area contributed by atoms with Gasteiger partial charge >= 0.3 is 0 Å². The molecule has 2 heterocycles. The molecule has 1 aromatic heterocycles. The molecule has 0 aliphatic carbocycles. The number of aryl methyl sites for hydroxylation is 2. The van der Waals surface area contributed by atoms with Crippen LogP contribution in [-0.2, 0) is 13.6 Å². The largest absolute Gasteiger partial charge is 0.395 e. The fourth-order valence-electron chi connectivity index (χ4n) is 2.50. The van der Waals surface area contributed by atoms with Crippen molar-refractivity contribution >= 4 is 0 Å². The zero-order chi connectivity index (χ0) is 11.5. The molecule has 1 N–H and O–H groups in total. The minimum absolute atomic E-state index is 0.277. The van der Waals surface area contributed by atoms with Crippen molar-refractivity contribution in [1.29, 1.82) is 0 Å². The zero-order valence-electron chi connectivity index (χ0n) is 10.2. The summed E-state index contributed by atoms with van der Waals surface area (Å²) in [6, 6.07) is 0.341. The summed E-state index contributed by atoms with van der Waals surface area (Å²) in [5, 5.41) is 13.7. The molecule has 0 saturated carbocycles. The van der Waals surface area contributed by atoms with Gasteiger partial charge in [-0.2, -0.15) is 5.10 Å². The lowest BCUT2D eigenvalue weighted by atomic mass is 10.0. The second-order valence-corrected chi connectivity index (χ2v) is 4.72. The summed E-state index contributed by atoms with van der Waals surface area (Å²) in [4.78, 5) is 2.38. The van der Waals surface area contributed by atoms with E-state index in [0.717, 1.165) is 25.2 Å². The fourth-order valence-corrected chi connectivity index (χ4v) is 2.50. The summed E-state index contributed by atoms with van der Waals surface area (Å²) in [6.45, 7) is 4.34. The van der Waals surface area contributed by atoms with Crippen LogP contribution in [0.15, 0.2) is 6.20 Å². The maximum Gasteiger partial charge on any atom is 0.0638 e. The van der Waals surface area contributed by atoms with Crippen molar-refractivity contribution in [2.75, 3.05) is 13.2 Å². The molecule has 16 heavy (non-hydrogen) atoms. The quantitative estimate of drug-likeness (QED) is 0.833. The third-order valence-electron chi connectivity index (χ3n) is 3.45. The molecule has 0 bridgehead atoms. The maximum absolute atomic E-state index is 9.35. The molecule has 1 aliphatic rings. The van der Waals surface area contributed by atoms with Gasteiger partial charge in [-0.05, 0) is 26.3 Å². The Hall–Kier alpha value is -0.870. The molecule has 1 aromatic rings. The van der Waals surface area contributed by atoms with Crippen LogP contribution in [0.3, 0.4) is 0 Å². The van der Waals surface area contributed by atoms with Gasteiger partial charge in [-0.3, -0.25) is 9.58 Å². The van der Waals surface area contributed by atoms with Crippen LogP contribution in [0.4, 0.5) is 0 Å². The molecule has 2 rings (SSSR count). The van der Waals surface area contributed by atoms with Gasteiger partial charge in [-0.1, -0.05) is 6.42 Å². The van der Waals surface area contributed by atoms with Gasteiger partial charge in [0.1, 0.15) is 0 Å². The molecule has 90 valence electrons. The third-order valence-corrected chi connectivity index (χ3v) is 3.45. The van der Waals surface area contributed by atoms with Gasteiger partial charge in [-0.25, -0.2) is 0 Å². The Bertz CT molecular complexity index is 348. The molecule has 1 saturated heterocycles. The first-order chi connectivity index (χ1) is 7.70. The SMILES string of the molecule is Cc1nn(C)cc1CN1CCCCC1CO. The van der Waals surface area contributed by atoms with Crippen molar-refractivity contribution in [2.45, 2.75) is 38.8 Å². The molecule has 0 amide bonds. The van der Waals surface area contributed by atoms with E-state index in [9.17, 15) is 5.11 Å². The highest BCUT2D eigenvalue weighted by Gasteiger charge is 2.22. The Morgan fingerprint density at radius 2 is 2.31 bits per heavy atom. The number of likely N-dealkylation sites (tertiary alicyclic amines) is 1. The van der Waals surface area contributed by atoms with Crippen molar-refractivity contribution in [1.82, 2.24) is 14.7 Å². The summed E-state index contributed by atoms with van der Waals surface area (Å²) in [6.07, 6.45) is 5.69. The molecule has 1 atom stereocenters. The van der Waals surface area contributed by atoms with Gasteiger partial charge in [0, 0.05) is 31.4 Å². The predicted octanol–water partition coefficient (Wildman–Crippen LogP) is 1.08. The van der Waals surface area contributed by atoms with E-state index in [2.05, 4.69) is 16.2 Å². The van der Waals surface area contributed by atoms with Gasteiger partial charge in [0.05, 0.1) is 12.3 Å². The standard InChI is InChI=1S/C12H21N3O/c1-10-11(7-14(2)13-10)8-15-6-4-3-5-12(15)9-16/h7,12,16H,3-6,8-9H2,1-2H3. The van der Waals surface area contributed by atoms with Crippen molar-refractivity contribution < 1.29 is 5.11 Å². The molecular weight excluding hydrogens is 202 g/mol. The van der Waals surface area contributed by atoms with Crippen molar-refractivity contribution in [3.8, 4) is 0 Å². The van der Waals surface area contributed by atoms with Gasteiger partial charge in [0.2, 0.25) is 0 Å². The maximum atomic E-state index is 9.35. The van der Waals surface area contributed by atoms with Gasteiger partial charge < -0.3 is 5.11 Å². The minimum atomic E-state index is 0.277. The number of hydrogen-bond donors (Lipinski definition) is 1. The summed E-state index contributed by atoms with van der Waals surface area (Å²) >= 11 is 0. The van der Waals surface area contributed by atoms with Crippen LogP contribution in [0, 0.1) is 6.92 Å². The summed E-state index contributed by atoms with van der Waals surface area (Å²) in [5.74, 6) is 0. The summed E-state index contributed by atoms with van der Waals surface area (Å²) < 4.78 is 1.86. The lowest BCUT2D eigenvalue weighted by Crippen LogP contribution is -2.41. The van der Waals surface area contributed by atoms with Crippen LogP contribution in [0.25, 0.3) is 0 Å². The number of aromatic nitrogens is 2. The Morgan fingerprint density at radius 1 is 1.50 bits per heavy atom. The Morgan fingerprint density at radius 3 is 2.94 bits per heavy atom. The first-order valence-corrected chi connectivity index (χ1v) is 6.04. The average Bonchev–Trinajstić information content (AvgIpc) is 2.58. The highest BCUT2D eigenvalue weighted by Crippen LogP contribution is 2.20. The highest BCUT2D eigenvalue weighted by molar-refractivity contribution is 5.15. The van der Waals surface area contributed by atoms with Crippen LogP contribution >= 0.6 is 0 Å². The number of aliphatic hydroxyl groups excluding tert-OH is 1. The van der Waals surface area contributed by atoms with Gasteiger partial charge in [0.15, 0.2) is 0 Å². The first kappa shape index (κ1) is 11.6. The Balaban J connectivity index is 2.04. The van der Waals surface area contributed by atoms with E-state index in [1.807, 2.05) is 18.7 Å². The van der Waals surface area contributed by atoms with E-state index < -0.39 is 0 Å². The molecule has 4 heteroatoms. The molecule has 0 spiro atoms. The number of piperidine rings is 1. The summed E-state index contributed by atoms with van der Waals surface area (Å²) in [7, 11) is 1.95. The van der Waals surface area contributed by atoms with Crippen LogP contribution in [0.1, 0.15) is 30.5 Å². The Labute approximate surface area is 96.9 Å². The van der Waals surface area contributed by atoms with E-state index in [1.54, 1.807) is 0 Å². The minimum Gasteiger partial charge on any atom is -0.395 e. The van der Waals surface area contributed by atoms with Crippen LogP contribution in [0.2, 0.25) is 0 Å². The molecule has 0 aromatic carbocycles. The lowest BCUT2D eigenvalue weighted by molar-refractivity contribution is 0.0839. The van der Waals surface area contributed by atoms with Crippen molar-refractivity contribution in [3.63, 3.8) is 0 Å². The number of hydrogen-bond acceptors (Lipinski definition) is 3. The average molecular weight is 223 g/mol. The van der Waals surface area contributed by atoms with Crippen molar-refractivity contribution in [3.05, 3.63) is 17.5 Å². The number of nitrogens with zero attached hydrogens (tertiary/aromatic N) is 3. The number of aliphatic hydroxyl groups is 1. The second kappa shape index (κ2) is 4.97. The third kappa shape index (κ3) is 2.44. The molecule has 1 fully saturated rings. The van der Waals surface area contributed by atoms with Gasteiger partial charge in [0.25, 0.3) is 0 Å². The lowest BCUT2D eigenvalue weighted by Gasteiger charge is -2.34. The predicted molar refractivity (Wildman–Crippen MR) is 63.1 cm³/mol. The highest BCUT2D eigenvalue weighted by atomic mass is 16.3. The second-order valence-electron chi connectivity index (χ2n) is 4.72. The molecule has 4 nitrogen and oxygen atoms in total. The van der Waals surface area contributed by atoms with E-state index in [4.69, 9.17) is 0 Å². The van der Waals surface area contributed by atoms with Gasteiger partial charge in [-0.15, -0.1) is 0 Å². The normalized spacial score (nSPS) is 22.6. The van der Waals surface area contributed by atoms with Crippen LogP contribution in [-0.4, -0.2) is 39.0 Å². The monoisotopic (exact) mass is 223 g/mol. The van der Waals surface area contributed by atoms with E-state index in [0.29, 0.717) is 6.04 Å². The molecule has 1 aliphatic heterocycles. The van der Waals surface area contributed by atoms with Crippen LogP contribution in [0.5, 0.6) is 0 Å². The zero-order valence-corrected chi connectivity index (χ0v) is 10.2. The Kier molecular flexibility index (Phi) is 3.61. The summed E-state index contributed by atoms with van der Waals surface area (Å²) in [5.41, 5.74) is 2.38. The first-order valence-electron chi connectivity index (χ1n) is 6.04. The smallest absolute Gasteiger partial charge is 0.0638 e. The van der Waals surface area contributed by atoms with E-state index in [-0.39, 0.29) is 6.61 Å². The van der Waals surface area contributed by atoms with Crippen molar-refractivity contribution in [2.24, 2.45) is 7.05 Å². The molecule has 1 unspecified atom stereocenters.